The summed E-state index contributed by atoms with van der Waals surface area (Å²) < 4.78 is 29.8. The van der Waals surface area contributed by atoms with Crippen molar-refractivity contribution in [2.75, 3.05) is 26.3 Å². The third-order valence-corrected chi connectivity index (χ3v) is 5.04. The van der Waals surface area contributed by atoms with E-state index < -0.39 is 17.7 Å². The highest BCUT2D eigenvalue weighted by molar-refractivity contribution is 7.92. The fourth-order valence-electron chi connectivity index (χ4n) is 2.70. The molecule has 0 saturated carbocycles. The van der Waals surface area contributed by atoms with Crippen LogP contribution in [-0.2, 0) is 20.9 Å². The molecular formula is C19H19N3O5S. The number of aliphatic imine (C=N–C) groups is 1. The molecule has 2 aromatic rings. The van der Waals surface area contributed by atoms with E-state index in [0.717, 1.165) is 11.0 Å². The Morgan fingerprint density at radius 3 is 2.11 bits per heavy atom. The third kappa shape index (κ3) is 3.89. The van der Waals surface area contributed by atoms with E-state index in [9.17, 15) is 9.35 Å². The summed E-state index contributed by atoms with van der Waals surface area (Å²) in [6.45, 7) is 0. The first-order valence-electron chi connectivity index (χ1n) is 8.23. The Balaban J connectivity index is 2.08. The van der Waals surface area contributed by atoms with Crippen molar-refractivity contribution < 1.29 is 23.6 Å². The molecule has 0 fully saturated rings. The summed E-state index contributed by atoms with van der Waals surface area (Å²) in [5.74, 6) is 3.44. The number of benzene rings is 2. The molecule has 8 nitrogen and oxygen atoms in total. The van der Waals surface area contributed by atoms with Crippen molar-refractivity contribution >= 4 is 28.8 Å². The Hall–Kier alpha value is -2.81. The molecule has 0 radical (unpaired) electrons. The summed E-state index contributed by atoms with van der Waals surface area (Å²) in [5.41, 5.74) is 1.43. The van der Waals surface area contributed by atoms with Crippen molar-refractivity contribution in [2.24, 2.45) is 4.99 Å². The van der Waals surface area contributed by atoms with E-state index in [2.05, 4.69) is 4.99 Å². The molecule has 0 bridgehead atoms. The topological polar surface area (TPSA) is 86.7 Å². The number of nitrogens with zero attached hydrogens (tertiary/aromatic N) is 3. The zero-order valence-corrected chi connectivity index (χ0v) is 16.4. The maximum Gasteiger partial charge on any atom is 0.272 e. The van der Waals surface area contributed by atoms with Crippen LogP contribution in [-0.4, -0.2) is 48.4 Å². The molecule has 0 spiro atoms. The summed E-state index contributed by atoms with van der Waals surface area (Å²) in [4.78, 5) is 15.3. The molecule has 3 rings (SSSR count). The van der Waals surface area contributed by atoms with Crippen molar-refractivity contribution in [1.82, 2.24) is 4.41 Å². The van der Waals surface area contributed by atoms with Gasteiger partial charge < -0.3 is 18.8 Å². The van der Waals surface area contributed by atoms with Crippen molar-refractivity contribution in [3.8, 4) is 11.5 Å². The molecule has 2 unspecified atom stereocenters. The highest BCUT2D eigenvalue weighted by atomic mass is 32.2. The van der Waals surface area contributed by atoms with Crippen molar-refractivity contribution in [1.29, 1.82) is 0 Å². The Morgan fingerprint density at radius 1 is 1.04 bits per heavy atom. The van der Waals surface area contributed by atoms with E-state index in [-0.39, 0.29) is 0 Å². The van der Waals surface area contributed by atoms with Gasteiger partial charge in [-0.05, 0) is 48.5 Å². The number of anilines is 1. The van der Waals surface area contributed by atoms with Crippen molar-refractivity contribution in [3.05, 3.63) is 59.5 Å². The number of rotatable bonds is 7. The second-order valence-corrected chi connectivity index (χ2v) is 6.73. The zero-order valence-electron chi connectivity index (χ0n) is 15.6. The molecule has 1 aliphatic rings. The maximum atomic E-state index is 12.7. The van der Waals surface area contributed by atoms with E-state index in [1.54, 1.807) is 61.6 Å². The minimum atomic E-state index is -1.85. The van der Waals surface area contributed by atoms with Gasteiger partial charge in [0, 0.05) is 17.1 Å². The van der Waals surface area contributed by atoms with Crippen LogP contribution in [0.1, 0.15) is 5.56 Å². The molecule has 9 heteroatoms. The summed E-state index contributed by atoms with van der Waals surface area (Å²) in [5, 5.41) is 2.55. The highest BCUT2D eigenvalue weighted by Gasteiger charge is 2.43. The lowest BCUT2D eigenvalue weighted by Gasteiger charge is -2.30. The smallest absolute Gasteiger partial charge is 0.272 e. The van der Waals surface area contributed by atoms with E-state index >= 15 is 0 Å². The number of hydrogen-bond acceptors (Lipinski definition) is 8. The van der Waals surface area contributed by atoms with Gasteiger partial charge in [-0.3, -0.25) is 0 Å². The Bertz CT molecular complexity index is 881. The average Bonchev–Trinajstić information content (AvgIpc) is 3.14. The van der Waals surface area contributed by atoms with Crippen LogP contribution >= 0.6 is 0 Å². The van der Waals surface area contributed by atoms with Gasteiger partial charge in [-0.25, -0.2) is 14.8 Å². The first-order valence-corrected chi connectivity index (χ1v) is 9.40. The molecule has 146 valence electrons. The van der Waals surface area contributed by atoms with E-state index in [0.29, 0.717) is 23.0 Å². The second kappa shape index (κ2) is 8.92. The molecular weight excluding hydrogens is 382 g/mol. The maximum absolute atomic E-state index is 12.7. The van der Waals surface area contributed by atoms with Gasteiger partial charge in [0.05, 0.1) is 19.9 Å². The minimum absolute atomic E-state index is 0.507. The molecule has 0 aliphatic carbocycles. The lowest BCUT2D eigenvalue weighted by molar-refractivity contribution is 0.0356. The number of ether oxygens (including phenoxy) is 3. The molecule has 28 heavy (non-hydrogen) atoms. The number of methoxy groups -OCH3 is 3. The summed E-state index contributed by atoms with van der Waals surface area (Å²) in [6.07, 6.45) is -0.885. The van der Waals surface area contributed by atoms with Gasteiger partial charge in [-0.15, -0.1) is 0 Å². The van der Waals surface area contributed by atoms with Crippen LogP contribution in [0.2, 0.25) is 0 Å². The second-order valence-electron chi connectivity index (χ2n) is 5.57. The van der Waals surface area contributed by atoms with Crippen LogP contribution in [0.5, 0.6) is 11.5 Å². The van der Waals surface area contributed by atoms with Gasteiger partial charge in [0.15, 0.2) is 11.8 Å². The van der Waals surface area contributed by atoms with Crippen LogP contribution in [0.25, 0.3) is 0 Å². The normalized spacial score (nSPS) is 17.6. The molecule has 0 amide bonds. The van der Waals surface area contributed by atoms with Crippen LogP contribution in [0, 0.1) is 0 Å². The minimum Gasteiger partial charge on any atom is -0.591 e. The molecule has 2 atom stereocenters. The fraction of sp³-hybridized carbons (Fsp3) is 0.211. The molecule has 0 N–H and O–H groups in total. The third-order valence-electron chi connectivity index (χ3n) is 4.03. The molecule has 1 heterocycles. The van der Waals surface area contributed by atoms with E-state index in [4.69, 9.17) is 14.2 Å². The number of hydrogen-bond donors (Lipinski definition) is 0. The lowest BCUT2D eigenvalue weighted by Crippen LogP contribution is -2.49. The van der Waals surface area contributed by atoms with Gasteiger partial charge in [0.25, 0.3) is 6.35 Å². The predicted molar refractivity (Wildman–Crippen MR) is 106 cm³/mol. The van der Waals surface area contributed by atoms with Gasteiger partial charge >= 0.3 is 0 Å². The summed E-state index contributed by atoms with van der Waals surface area (Å²) in [7, 11) is 4.61. The molecule has 1 aliphatic heterocycles. The number of amidine groups is 1. The van der Waals surface area contributed by atoms with Crippen molar-refractivity contribution in [2.45, 2.75) is 6.35 Å². The summed E-state index contributed by atoms with van der Waals surface area (Å²) >= 11 is -1.85. The van der Waals surface area contributed by atoms with Crippen LogP contribution < -0.4 is 14.5 Å². The van der Waals surface area contributed by atoms with Gasteiger partial charge in [-0.1, -0.05) is 0 Å². The number of carbonyl (C=O) groups excluding carboxylic acids is 1. The first kappa shape index (κ1) is 19.9. The molecule has 0 aromatic heterocycles. The van der Waals surface area contributed by atoms with Crippen molar-refractivity contribution in [3.63, 3.8) is 0 Å². The SMILES string of the molecule is COc1ccc(C2=NC(OC)N([S+]([O-])C=C=O)N2c2ccc(OC)cc2)cc1. The van der Waals surface area contributed by atoms with Crippen LogP contribution in [0.15, 0.2) is 58.9 Å². The van der Waals surface area contributed by atoms with Gasteiger partial charge in [0.1, 0.15) is 22.9 Å². The number of hydrazine groups is 1. The Morgan fingerprint density at radius 2 is 1.61 bits per heavy atom. The van der Waals surface area contributed by atoms with Crippen LogP contribution in [0.3, 0.4) is 0 Å². The largest absolute Gasteiger partial charge is 0.591 e. The Kier molecular flexibility index (Phi) is 6.35. The van der Waals surface area contributed by atoms with E-state index in [1.807, 2.05) is 12.1 Å². The van der Waals surface area contributed by atoms with Gasteiger partial charge in [0.2, 0.25) is 5.41 Å². The summed E-state index contributed by atoms with van der Waals surface area (Å²) in [6, 6.07) is 14.4. The quantitative estimate of drug-likeness (QED) is 0.519. The molecule has 2 aromatic carbocycles. The predicted octanol–water partition coefficient (Wildman–Crippen LogP) is 2.13. The lowest BCUT2D eigenvalue weighted by atomic mass is 10.2. The fourth-order valence-corrected chi connectivity index (χ4v) is 3.54. The molecule has 0 saturated heterocycles. The van der Waals surface area contributed by atoms with Crippen LogP contribution in [0.4, 0.5) is 5.69 Å². The van der Waals surface area contributed by atoms with E-state index in [1.165, 1.54) is 11.5 Å². The van der Waals surface area contributed by atoms with Gasteiger partial charge in [-0.2, -0.15) is 0 Å². The standard InChI is InChI=1S/C19H19N3O5S/c1-25-16-8-4-14(5-9-16)18-20-19(27-3)22(28(24)13-12-23)21(18)15-6-10-17(26-2)11-7-15/h4-11,13,19H,1-3H3. The monoisotopic (exact) mass is 401 g/mol. The zero-order chi connectivity index (χ0) is 20.1. The Labute approximate surface area is 165 Å². The first-order chi connectivity index (χ1) is 13.6. The average molecular weight is 401 g/mol. The highest BCUT2D eigenvalue weighted by Crippen LogP contribution is 2.32.